The van der Waals surface area contributed by atoms with Gasteiger partial charge >= 0.3 is 11.9 Å². The first-order valence-corrected chi connectivity index (χ1v) is 14.6. The van der Waals surface area contributed by atoms with Gasteiger partial charge < -0.3 is 10.2 Å². The Morgan fingerprint density at radius 2 is 0.657 bits per heavy atom. The molecule has 0 amide bonds. The fourth-order valence-electron chi connectivity index (χ4n) is 4.36. The summed E-state index contributed by atoms with van der Waals surface area (Å²) in [5.74, 6) is -2.46. The van der Waals surface area contributed by atoms with Crippen molar-refractivity contribution in [1.82, 2.24) is 0 Å². The van der Waals surface area contributed by atoms with Crippen LogP contribution >= 0.6 is 0 Å². The molecular weight excluding hydrogens is 436 g/mol. The maximum absolute atomic E-state index is 10.5. The van der Waals surface area contributed by atoms with Gasteiger partial charge in [0.1, 0.15) is 0 Å². The average molecular weight is 491 g/mol. The molecule has 0 bridgehead atoms. The maximum atomic E-state index is 10.5. The van der Waals surface area contributed by atoms with Crippen molar-refractivity contribution in [3.05, 3.63) is 35.4 Å². The van der Waals surface area contributed by atoms with E-state index >= 15 is 0 Å². The maximum Gasteiger partial charge on any atom is 0.336 e. The highest BCUT2D eigenvalue weighted by molar-refractivity contribution is 6.01. The van der Waals surface area contributed by atoms with Crippen LogP contribution in [0.25, 0.3) is 0 Å². The summed E-state index contributed by atoms with van der Waals surface area (Å²) in [7, 11) is 0. The first-order valence-electron chi connectivity index (χ1n) is 14.6. The summed E-state index contributed by atoms with van der Waals surface area (Å²) in [6.07, 6.45) is 30.9. The molecule has 0 saturated carbocycles. The third-order valence-electron chi connectivity index (χ3n) is 6.59. The summed E-state index contributed by atoms with van der Waals surface area (Å²) in [6.45, 7) is 4.60. The smallest absolute Gasteiger partial charge is 0.336 e. The number of hydrogen-bond acceptors (Lipinski definition) is 2. The summed E-state index contributed by atoms with van der Waals surface area (Å²) in [6, 6.07) is 5.48. The van der Waals surface area contributed by atoms with Crippen LogP contribution in [0.2, 0.25) is 0 Å². The largest absolute Gasteiger partial charge is 0.478 e. The van der Waals surface area contributed by atoms with Crippen LogP contribution in [0.5, 0.6) is 0 Å². The van der Waals surface area contributed by atoms with Crippen LogP contribution in [0.3, 0.4) is 0 Å². The molecule has 0 saturated heterocycles. The Morgan fingerprint density at radius 3 is 0.829 bits per heavy atom. The van der Waals surface area contributed by atoms with Crippen molar-refractivity contribution in [3.63, 3.8) is 0 Å². The second-order valence-electron chi connectivity index (χ2n) is 9.87. The van der Waals surface area contributed by atoms with Gasteiger partial charge in [-0.25, -0.2) is 9.59 Å². The lowest BCUT2D eigenvalue weighted by Crippen LogP contribution is -2.06. The molecule has 4 nitrogen and oxygen atoms in total. The van der Waals surface area contributed by atoms with E-state index in [1.54, 1.807) is 0 Å². The molecule has 1 aromatic carbocycles. The van der Waals surface area contributed by atoms with E-state index in [1.807, 2.05) is 0 Å². The lowest BCUT2D eigenvalue weighted by atomic mass is 10.0. The van der Waals surface area contributed by atoms with Crippen LogP contribution in [0, 0.1) is 0 Å². The van der Waals surface area contributed by atoms with Crippen LogP contribution < -0.4 is 0 Å². The van der Waals surface area contributed by atoms with E-state index < -0.39 is 11.9 Å². The van der Waals surface area contributed by atoms with Gasteiger partial charge in [0.15, 0.2) is 0 Å². The molecule has 202 valence electrons. The summed E-state index contributed by atoms with van der Waals surface area (Å²) in [5, 5.41) is 17.1. The molecule has 1 rings (SSSR count). The molecule has 4 heteroatoms. The van der Waals surface area contributed by atoms with Crippen LogP contribution in [0.15, 0.2) is 24.3 Å². The second-order valence-corrected chi connectivity index (χ2v) is 9.87. The Morgan fingerprint density at radius 1 is 0.457 bits per heavy atom. The van der Waals surface area contributed by atoms with Gasteiger partial charge in [0.25, 0.3) is 0 Å². The SMILES string of the molecule is CCCCCCCCCCCCCCCCCCCCCCC.O=C(O)c1ccccc1C(=O)O. The third-order valence-corrected chi connectivity index (χ3v) is 6.59. The lowest BCUT2D eigenvalue weighted by Gasteiger charge is -2.04. The van der Waals surface area contributed by atoms with Crippen molar-refractivity contribution in [2.45, 2.75) is 149 Å². The Kier molecular flexibility index (Phi) is 23.9. The highest BCUT2D eigenvalue weighted by Crippen LogP contribution is 2.15. The zero-order chi connectivity index (χ0) is 26.0. The van der Waals surface area contributed by atoms with Crippen LogP contribution in [-0.4, -0.2) is 22.2 Å². The van der Waals surface area contributed by atoms with Gasteiger partial charge in [0, 0.05) is 0 Å². The Balaban J connectivity index is 0.000000801. The average Bonchev–Trinajstić information content (AvgIpc) is 2.86. The van der Waals surface area contributed by atoms with E-state index in [9.17, 15) is 9.59 Å². The summed E-state index contributed by atoms with van der Waals surface area (Å²) < 4.78 is 0. The quantitative estimate of drug-likeness (QED) is 0.158. The molecule has 0 radical (unpaired) electrons. The van der Waals surface area contributed by atoms with E-state index in [-0.39, 0.29) is 11.1 Å². The van der Waals surface area contributed by atoms with Crippen LogP contribution in [0.1, 0.15) is 169 Å². The topological polar surface area (TPSA) is 74.6 Å². The van der Waals surface area contributed by atoms with Crippen molar-refractivity contribution >= 4 is 11.9 Å². The van der Waals surface area contributed by atoms with Crippen LogP contribution in [0.4, 0.5) is 0 Å². The number of hydrogen-bond donors (Lipinski definition) is 2. The first kappa shape index (κ1) is 33.2. The van der Waals surface area contributed by atoms with Gasteiger partial charge in [-0.3, -0.25) is 0 Å². The molecule has 35 heavy (non-hydrogen) atoms. The molecule has 0 aromatic heterocycles. The normalized spacial score (nSPS) is 10.6. The fourth-order valence-corrected chi connectivity index (χ4v) is 4.36. The predicted molar refractivity (Wildman–Crippen MR) is 149 cm³/mol. The Hall–Kier alpha value is -1.84. The number of unbranched alkanes of at least 4 members (excludes halogenated alkanes) is 20. The minimum Gasteiger partial charge on any atom is -0.478 e. The standard InChI is InChI=1S/C23H48.C8H6O4/c1-3-5-7-9-11-13-15-17-19-21-23-22-20-18-16-14-12-10-8-6-4-2;9-7(10)5-3-1-2-4-6(5)8(11)12/h3-23H2,1-2H3;1-4H,(H,9,10)(H,11,12). The van der Waals surface area contributed by atoms with Gasteiger partial charge in [-0.1, -0.05) is 161 Å². The van der Waals surface area contributed by atoms with Crippen molar-refractivity contribution in [2.24, 2.45) is 0 Å². The zero-order valence-corrected chi connectivity index (χ0v) is 22.9. The number of rotatable bonds is 22. The molecule has 1 aromatic rings. The Bertz CT molecular complexity index is 573. The van der Waals surface area contributed by atoms with Gasteiger partial charge in [-0.15, -0.1) is 0 Å². The highest BCUT2D eigenvalue weighted by Gasteiger charge is 2.13. The van der Waals surface area contributed by atoms with Gasteiger partial charge in [-0.2, -0.15) is 0 Å². The molecule has 0 atom stereocenters. The molecular formula is C31H54O4. The first-order chi connectivity index (χ1) is 17.0. The van der Waals surface area contributed by atoms with Crippen molar-refractivity contribution < 1.29 is 19.8 Å². The number of benzene rings is 1. The third kappa shape index (κ3) is 21.2. The van der Waals surface area contributed by atoms with Crippen LogP contribution in [-0.2, 0) is 0 Å². The number of carboxylic acid groups (broad SMARTS) is 2. The van der Waals surface area contributed by atoms with E-state index in [0.29, 0.717) is 0 Å². The number of carboxylic acids is 2. The van der Waals surface area contributed by atoms with Crippen molar-refractivity contribution in [2.75, 3.05) is 0 Å². The van der Waals surface area contributed by atoms with Gasteiger partial charge in [-0.05, 0) is 12.1 Å². The molecule has 0 aliphatic carbocycles. The molecule has 2 N–H and O–H groups in total. The minimum atomic E-state index is -1.23. The lowest BCUT2D eigenvalue weighted by molar-refractivity contribution is 0.0651. The summed E-state index contributed by atoms with van der Waals surface area (Å²) >= 11 is 0. The number of aromatic carboxylic acids is 2. The molecule has 0 aliphatic rings. The predicted octanol–water partition coefficient (Wildman–Crippen LogP) is 10.3. The Labute approximate surface area is 215 Å². The molecule has 0 aliphatic heterocycles. The highest BCUT2D eigenvalue weighted by atomic mass is 16.4. The summed E-state index contributed by atoms with van der Waals surface area (Å²) in [4.78, 5) is 20.9. The van der Waals surface area contributed by atoms with Crippen molar-refractivity contribution in [3.8, 4) is 0 Å². The second kappa shape index (κ2) is 25.3. The van der Waals surface area contributed by atoms with E-state index in [1.165, 1.54) is 159 Å². The van der Waals surface area contributed by atoms with Gasteiger partial charge in [0.05, 0.1) is 11.1 Å². The summed E-state index contributed by atoms with van der Waals surface area (Å²) in [5.41, 5.74) is -0.380. The monoisotopic (exact) mass is 490 g/mol. The van der Waals surface area contributed by atoms with Gasteiger partial charge in [0.2, 0.25) is 0 Å². The van der Waals surface area contributed by atoms with Crippen molar-refractivity contribution in [1.29, 1.82) is 0 Å². The molecule has 0 spiro atoms. The fraction of sp³-hybridized carbons (Fsp3) is 0.742. The molecule has 0 fully saturated rings. The van der Waals surface area contributed by atoms with E-state index in [0.717, 1.165) is 0 Å². The minimum absolute atomic E-state index is 0.190. The molecule has 0 heterocycles. The molecule has 0 unspecified atom stereocenters. The number of carbonyl (C=O) groups is 2. The zero-order valence-electron chi connectivity index (χ0n) is 22.9. The van der Waals surface area contributed by atoms with E-state index in [2.05, 4.69) is 13.8 Å². The van der Waals surface area contributed by atoms with E-state index in [4.69, 9.17) is 10.2 Å².